The van der Waals surface area contributed by atoms with Crippen LogP contribution in [0, 0.1) is 5.92 Å². The van der Waals surface area contributed by atoms with Crippen molar-refractivity contribution in [2.24, 2.45) is 5.92 Å². The van der Waals surface area contributed by atoms with Crippen LogP contribution in [-0.4, -0.2) is 29.9 Å². The molecule has 2 aliphatic rings. The topological polar surface area (TPSA) is 32.3 Å². The summed E-state index contributed by atoms with van der Waals surface area (Å²) in [7, 11) is 0. The second-order valence-electron chi connectivity index (χ2n) is 6.90. The fraction of sp³-hybridized carbons (Fsp3) is 0.632. The maximum atomic E-state index is 12.5. The molecule has 0 radical (unpaired) electrons. The summed E-state index contributed by atoms with van der Waals surface area (Å²) in [5.74, 6) is 0.476. The molecule has 3 rings (SSSR count). The first-order valence-electron chi connectivity index (χ1n) is 8.88. The zero-order valence-corrected chi connectivity index (χ0v) is 13.5. The summed E-state index contributed by atoms with van der Waals surface area (Å²) < 4.78 is 0. The molecule has 0 unspecified atom stereocenters. The molecule has 0 spiro atoms. The molecule has 0 bridgehead atoms. The minimum absolute atomic E-state index is 0.180. The predicted octanol–water partition coefficient (Wildman–Crippen LogP) is 3.35. The monoisotopic (exact) mass is 300 g/mol. The number of carbonyl (C=O) groups is 1. The molecule has 1 aromatic carbocycles. The molecule has 0 aromatic heterocycles. The predicted molar refractivity (Wildman–Crippen MR) is 89.5 cm³/mol. The van der Waals surface area contributed by atoms with Gasteiger partial charge in [0.25, 0.3) is 0 Å². The largest absolute Gasteiger partial charge is 0.353 e. The second-order valence-corrected chi connectivity index (χ2v) is 6.90. The lowest BCUT2D eigenvalue weighted by atomic mass is 9.93. The van der Waals surface area contributed by atoms with Crippen molar-refractivity contribution >= 4 is 5.91 Å². The smallest absolute Gasteiger partial charge is 0.224 e. The van der Waals surface area contributed by atoms with Crippen LogP contribution in [-0.2, 0) is 11.3 Å². The molecule has 22 heavy (non-hydrogen) atoms. The molecule has 1 heterocycles. The van der Waals surface area contributed by atoms with Crippen LogP contribution >= 0.6 is 0 Å². The Morgan fingerprint density at radius 2 is 1.82 bits per heavy atom. The van der Waals surface area contributed by atoms with Gasteiger partial charge in [-0.05, 0) is 37.8 Å². The van der Waals surface area contributed by atoms with Crippen molar-refractivity contribution in [3.05, 3.63) is 35.9 Å². The van der Waals surface area contributed by atoms with Crippen molar-refractivity contribution in [3.8, 4) is 0 Å². The number of hydrogen-bond donors (Lipinski definition) is 1. The van der Waals surface area contributed by atoms with Gasteiger partial charge in [-0.25, -0.2) is 0 Å². The van der Waals surface area contributed by atoms with E-state index in [0.717, 1.165) is 32.5 Å². The van der Waals surface area contributed by atoms with Crippen molar-refractivity contribution in [2.75, 3.05) is 13.1 Å². The molecule has 3 heteroatoms. The first kappa shape index (κ1) is 15.5. The lowest BCUT2D eigenvalue weighted by Gasteiger charge is -2.33. The summed E-state index contributed by atoms with van der Waals surface area (Å²) in [5.41, 5.74) is 1.34. The third kappa shape index (κ3) is 4.33. The SMILES string of the molecule is O=C(NC1CCCCC1)[C@H]1CCCN(Cc2ccccc2)C1. The lowest BCUT2D eigenvalue weighted by Crippen LogP contribution is -2.46. The highest BCUT2D eigenvalue weighted by molar-refractivity contribution is 5.79. The maximum Gasteiger partial charge on any atom is 0.224 e. The summed E-state index contributed by atoms with van der Waals surface area (Å²) >= 11 is 0. The Hall–Kier alpha value is -1.35. The minimum Gasteiger partial charge on any atom is -0.353 e. The lowest BCUT2D eigenvalue weighted by molar-refractivity contribution is -0.127. The number of piperidine rings is 1. The van der Waals surface area contributed by atoms with Gasteiger partial charge in [-0.1, -0.05) is 49.6 Å². The number of hydrogen-bond acceptors (Lipinski definition) is 2. The third-order valence-corrected chi connectivity index (χ3v) is 5.08. The number of carbonyl (C=O) groups excluding carboxylic acids is 1. The van der Waals surface area contributed by atoms with Crippen LogP contribution in [0.2, 0.25) is 0 Å². The summed E-state index contributed by atoms with van der Waals surface area (Å²) in [4.78, 5) is 15.0. The Labute approximate surface area is 134 Å². The van der Waals surface area contributed by atoms with Crippen molar-refractivity contribution in [3.63, 3.8) is 0 Å². The first-order chi connectivity index (χ1) is 10.8. The van der Waals surface area contributed by atoms with E-state index >= 15 is 0 Å². The number of nitrogens with zero attached hydrogens (tertiary/aromatic N) is 1. The molecule has 120 valence electrons. The Morgan fingerprint density at radius 1 is 1.05 bits per heavy atom. The van der Waals surface area contributed by atoms with Gasteiger partial charge < -0.3 is 5.32 Å². The van der Waals surface area contributed by atoms with Gasteiger partial charge in [0.2, 0.25) is 5.91 Å². The van der Waals surface area contributed by atoms with E-state index < -0.39 is 0 Å². The third-order valence-electron chi connectivity index (χ3n) is 5.08. The van der Waals surface area contributed by atoms with Crippen molar-refractivity contribution in [1.29, 1.82) is 0 Å². The molecule has 1 saturated carbocycles. The molecular weight excluding hydrogens is 272 g/mol. The Balaban J connectivity index is 1.50. The van der Waals surface area contributed by atoms with Crippen molar-refractivity contribution in [2.45, 2.75) is 57.5 Å². The molecule has 1 aliphatic carbocycles. The zero-order chi connectivity index (χ0) is 15.2. The number of rotatable bonds is 4. The summed E-state index contributed by atoms with van der Waals surface area (Å²) in [5, 5.41) is 3.31. The van der Waals surface area contributed by atoms with Gasteiger partial charge in [-0.15, -0.1) is 0 Å². The molecule has 1 N–H and O–H groups in total. The number of likely N-dealkylation sites (tertiary alicyclic amines) is 1. The molecule has 1 amide bonds. The average Bonchev–Trinajstić information content (AvgIpc) is 2.57. The quantitative estimate of drug-likeness (QED) is 0.925. The fourth-order valence-electron chi connectivity index (χ4n) is 3.82. The van der Waals surface area contributed by atoms with Crippen molar-refractivity contribution in [1.82, 2.24) is 10.2 Å². The first-order valence-corrected chi connectivity index (χ1v) is 8.88. The summed E-state index contributed by atoms with van der Waals surface area (Å²) in [6, 6.07) is 11.0. The van der Waals surface area contributed by atoms with E-state index in [1.54, 1.807) is 0 Å². The highest BCUT2D eigenvalue weighted by atomic mass is 16.2. The Morgan fingerprint density at radius 3 is 2.59 bits per heavy atom. The van der Waals surface area contributed by atoms with Gasteiger partial charge in [0.1, 0.15) is 0 Å². The molecule has 2 fully saturated rings. The van der Waals surface area contributed by atoms with E-state index in [-0.39, 0.29) is 5.92 Å². The van der Waals surface area contributed by atoms with E-state index in [1.807, 2.05) is 0 Å². The Bertz CT molecular complexity index is 468. The molecule has 1 saturated heterocycles. The highest BCUT2D eigenvalue weighted by Gasteiger charge is 2.27. The van der Waals surface area contributed by atoms with Crippen LogP contribution in [0.1, 0.15) is 50.5 Å². The standard InChI is InChI=1S/C19H28N2O/c22-19(20-18-11-5-2-6-12-18)17-10-7-13-21(15-17)14-16-8-3-1-4-9-16/h1,3-4,8-9,17-18H,2,5-7,10-15H2,(H,20,22)/t17-/m0/s1. The Kier molecular flexibility index (Phi) is 5.49. The van der Waals surface area contributed by atoms with Crippen LogP contribution < -0.4 is 5.32 Å². The van der Waals surface area contributed by atoms with Gasteiger partial charge in [0.05, 0.1) is 5.92 Å². The van der Waals surface area contributed by atoms with Gasteiger partial charge in [-0.3, -0.25) is 9.69 Å². The zero-order valence-electron chi connectivity index (χ0n) is 13.5. The van der Waals surface area contributed by atoms with E-state index in [4.69, 9.17) is 0 Å². The second kappa shape index (κ2) is 7.77. The molecule has 1 atom stereocenters. The molecular formula is C19H28N2O. The minimum atomic E-state index is 0.180. The van der Waals surface area contributed by atoms with Crippen LogP contribution in [0.25, 0.3) is 0 Å². The highest BCUT2D eigenvalue weighted by Crippen LogP contribution is 2.21. The average molecular weight is 300 g/mol. The number of amides is 1. The van der Waals surface area contributed by atoms with Gasteiger partial charge >= 0.3 is 0 Å². The molecule has 1 aromatic rings. The summed E-state index contributed by atoms with van der Waals surface area (Å²) in [6.07, 6.45) is 8.41. The molecule has 3 nitrogen and oxygen atoms in total. The van der Waals surface area contributed by atoms with Crippen LogP contribution in [0.5, 0.6) is 0 Å². The summed E-state index contributed by atoms with van der Waals surface area (Å²) in [6.45, 7) is 2.99. The van der Waals surface area contributed by atoms with Gasteiger partial charge in [0.15, 0.2) is 0 Å². The van der Waals surface area contributed by atoms with E-state index in [1.165, 1.54) is 37.7 Å². The van der Waals surface area contributed by atoms with E-state index in [0.29, 0.717) is 11.9 Å². The van der Waals surface area contributed by atoms with Crippen LogP contribution in [0.15, 0.2) is 30.3 Å². The van der Waals surface area contributed by atoms with Crippen LogP contribution in [0.4, 0.5) is 0 Å². The van der Waals surface area contributed by atoms with Gasteiger partial charge in [0, 0.05) is 19.1 Å². The maximum absolute atomic E-state index is 12.5. The number of benzene rings is 1. The number of nitrogens with one attached hydrogen (secondary N) is 1. The van der Waals surface area contributed by atoms with Crippen molar-refractivity contribution < 1.29 is 4.79 Å². The van der Waals surface area contributed by atoms with Crippen LogP contribution in [0.3, 0.4) is 0 Å². The molecule has 1 aliphatic heterocycles. The van der Waals surface area contributed by atoms with E-state index in [9.17, 15) is 4.79 Å². The van der Waals surface area contributed by atoms with E-state index in [2.05, 4.69) is 40.5 Å². The van der Waals surface area contributed by atoms with Gasteiger partial charge in [-0.2, -0.15) is 0 Å². The normalized spacial score (nSPS) is 24.1. The fourth-order valence-corrected chi connectivity index (χ4v) is 3.82.